The summed E-state index contributed by atoms with van der Waals surface area (Å²) in [5, 5.41) is 11.2. The number of nitrogens with one attached hydrogen (secondary N) is 2. The van der Waals surface area contributed by atoms with Gasteiger partial charge in [-0.25, -0.2) is 4.98 Å². The fourth-order valence-corrected chi connectivity index (χ4v) is 6.66. The summed E-state index contributed by atoms with van der Waals surface area (Å²) in [6.07, 6.45) is 11.4. The van der Waals surface area contributed by atoms with Gasteiger partial charge < -0.3 is 25.3 Å². The third kappa shape index (κ3) is 7.41. The molecule has 9 heteroatoms. The van der Waals surface area contributed by atoms with Gasteiger partial charge in [-0.3, -0.25) is 15.0 Å². The average Bonchev–Trinajstić information content (AvgIpc) is 3.40. The van der Waals surface area contributed by atoms with Gasteiger partial charge >= 0.3 is 0 Å². The van der Waals surface area contributed by atoms with Crippen LogP contribution in [0.1, 0.15) is 91.5 Å². The molecule has 0 radical (unpaired) electrons. The molecule has 2 fully saturated rings. The van der Waals surface area contributed by atoms with Crippen molar-refractivity contribution in [1.29, 1.82) is 5.41 Å². The molecule has 6 rings (SSSR count). The van der Waals surface area contributed by atoms with Gasteiger partial charge in [-0.15, -0.1) is 0 Å². The van der Waals surface area contributed by atoms with Gasteiger partial charge in [-0.1, -0.05) is 43.4 Å². The van der Waals surface area contributed by atoms with Crippen molar-refractivity contribution in [2.75, 3.05) is 4.90 Å². The third-order valence-corrected chi connectivity index (χ3v) is 9.26. The van der Waals surface area contributed by atoms with E-state index in [0.29, 0.717) is 28.2 Å². The molecule has 1 aromatic heterocycles. The molecule has 9 nitrogen and oxygen atoms in total. The van der Waals surface area contributed by atoms with Crippen molar-refractivity contribution in [2.24, 2.45) is 5.73 Å². The van der Waals surface area contributed by atoms with Gasteiger partial charge in [0.15, 0.2) is 0 Å². The van der Waals surface area contributed by atoms with Gasteiger partial charge in [0.1, 0.15) is 24.0 Å². The number of anilines is 1. The highest BCUT2D eigenvalue weighted by Crippen LogP contribution is 2.28. The number of hydrogen-bond donors (Lipinski definition) is 3. The Kier molecular flexibility index (Phi) is 9.66. The number of fused-ring (bicyclic) bond motifs is 1. The van der Waals surface area contributed by atoms with Gasteiger partial charge in [0.2, 0.25) is 5.91 Å². The Morgan fingerprint density at radius 2 is 1.57 bits per heavy atom. The largest absolute Gasteiger partial charge is 0.490 e. The number of ether oxygens (including phenoxy) is 1. The minimum atomic E-state index is -0.171. The molecule has 0 unspecified atom stereocenters. The quantitative estimate of drug-likeness (QED) is 0.135. The SMILES string of the molecule is Cc1ccc(C(=O)N(Cc2nc3cc(C(=N)N)ccc3n2CC(=O)NC2CCCCC2)c2ccc(OC3CCCCC3)cc2)cc1. The molecule has 2 aliphatic carbocycles. The summed E-state index contributed by atoms with van der Waals surface area (Å²) < 4.78 is 8.15. The molecule has 3 aromatic carbocycles. The minimum Gasteiger partial charge on any atom is -0.490 e. The van der Waals surface area contributed by atoms with Crippen LogP contribution in [0.2, 0.25) is 0 Å². The lowest BCUT2D eigenvalue weighted by Crippen LogP contribution is -2.38. The number of hydrogen-bond acceptors (Lipinski definition) is 5. The summed E-state index contributed by atoms with van der Waals surface area (Å²) in [7, 11) is 0. The van der Waals surface area contributed by atoms with E-state index >= 15 is 0 Å². The van der Waals surface area contributed by atoms with Gasteiger partial charge in [0.05, 0.1) is 23.7 Å². The van der Waals surface area contributed by atoms with Crippen LogP contribution in [0, 0.1) is 12.3 Å². The molecule has 0 saturated heterocycles. The van der Waals surface area contributed by atoms with Crippen LogP contribution in [0.15, 0.2) is 66.7 Å². The summed E-state index contributed by atoms with van der Waals surface area (Å²) in [5.74, 6) is 1.05. The summed E-state index contributed by atoms with van der Waals surface area (Å²) >= 11 is 0. The maximum Gasteiger partial charge on any atom is 0.258 e. The predicted octanol–water partition coefficient (Wildman–Crippen LogP) is 6.64. The van der Waals surface area contributed by atoms with Gasteiger partial charge in [-0.2, -0.15) is 0 Å². The van der Waals surface area contributed by atoms with Gasteiger partial charge in [0.25, 0.3) is 5.91 Å². The zero-order chi connectivity index (χ0) is 32.0. The first-order valence-electron chi connectivity index (χ1n) is 16.6. The average molecular weight is 621 g/mol. The van der Waals surface area contributed by atoms with Crippen molar-refractivity contribution in [2.45, 2.75) is 96.4 Å². The second-order valence-electron chi connectivity index (χ2n) is 12.8. The number of nitrogens with two attached hydrogens (primary N) is 1. The van der Waals surface area contributed by atoms with Gasteiger partial charge in [-0.05, 0) is 100 Å². The fraction of sp³-hybridized carbons (Fsp3) is 0.405. The van der Waals surface area contributed by atoms with Crippen LogP contribution in [-0.2, 0) is 17.9 Å². The second-order valence-corrected chi connectivity index (χ2v) is 12.8. The van der Waals surface area contributed by atoms with Crippen LogP contribution in [-0.4, -0.2) is 39.3 Å². The van der Waals surface area contributed by atoms with E-state index in [-0.39, 0.29) is 42.9 Å². The van der Waals surface area contributed by atoms with Crippen LogP contribution in [0.25, 0.3) is 11.0 Å². The Labute approximate surface area is 270 Å². The number of nitrogen functional groups attached to an aromatic ring is 1. The van der Waals surface area contributed by atoms with Crippen molar-refractivity contribution >= 4 is 34.4 Å². The number of nitrogens with zero attached hydrogens (tertiary/aromatic N) is 3. The molecule has 4 aromatic rings. The van der Waals surface area contributed by atoms with Crippen LogP contribution < -0.4 is 20.7 Å². The molecule has 2 aliphatic rings. The second kappa shape index (κ2) is 14.2. The lowest BCUT2D eigenvalue weighted by molar-refractivity contribution is -0.122. The van der Waals surface area contributed by atoms with E-state index in [1.165, 1.54) is 25.7 Å². The lowest BCUT2D eigenvalue weighted by atomic mass is 9.95. The van der Waals surface area contributed by atoms with Crippen molar-refractivity contribution in [3.63, 3.8) is 0 Å². The molecule has 0 atom stereocenters. The number of aryl methyl sites for hydroxylation is 1. The first-order valence-corrected chi connectivity index (χ1v) is 16.6. The minimum absolute atomic E-state index is 0.0558. The van der Waals surface area contributed by atoms with E-state index in [2.05, 4.69) is 5.32 Å². The molecule has 0 aliphatic heterocycles. The summed E-state index contributed by atoms with van der Waals surface area (Å²) in [6.45, 7) is 2.20. The lowest BCUT2D eigenvalue weighted by Gasteiger charge is -2.26. The number of aromatic nitrogens is 2. The molecule has 2 amide bonds. The summed E-state index contributed by atoms with van der Waals surface area (Å²) in [6, 6.07) is 20.8. The molecule has 0 bridgehead atoms. The zero-order valence-corrected chi connectivity index (χ0v) is 26.6. The van der Waals surface area contributed by atoms with E-state index < -0.39 is 0 Å². The van der Waals surface area contributed by atoms with Crippen LogP contribution in [0.3, 0.4) is 0 Å². The standard InChI is InChI=1S/C37H44N6O3/c1-25-12-14-26(15-13-25)37(45)42(29-17-19-31(20-18-29)46-30-10-6-3-7-11-30)23-34-41-32-22-27(36(38)39)16-21-33(32)43(34)24-35(44)40-28-8-4-2-5-9-28/h12-22,28,30H,2-11,23-24H2,1H3,(H3,38,39)(H,40,44). The van der Waals surface area contributed by atoms with E-state index in [1.54, 1.807) is 17.0 Å². The molecule has 4 N–H and O–H groups in total. The van der Waals surface area contributed by atoms with E-state index in [0.717, 1.165) is 55.4 Å². The van der Waals surface area contributed by atoms with E-state index in [4.69, 9.17) is 20.9 Å². The highest BCUT2D eigenvalue weighted by Gasteiger charge is 2.24. The number of rotatable bonds is 10. The topological polar surface area (TPSA) is 126 Å². The summed E-state index contributed by atoms with van der Waals surface area (Å²) in [4.78, 5) is 34.2. The number of carbonyl (C=O) groups is 2. The number of amidine groups is 1. The molecular formula is C37H44N6O3. The maximum absolute atomic E-state index is 14.2. The molecule has 1 heterocycles. The van der Waals surface area contributed by atoms with Crippen molar-refractivity contribution in [1.82, 2.24) is 14.9 Å². The fourth-order valence-electron chi connectivity index (χ4n) is 6.66. The number of benzene rings is 3. The zero-order valence-electron chi connectivity index (χ0n) is 26.6. The highest BCUT2D eigenvalue weighted by atomic mass is 16.5. The van der Waals surface area contributed by atoms with Crippen LogP contribution >= 0.6 is 0 Å². The Bertz CT molecular complexity index is 1680. The van der Waals surface area contributed by atoms with Crippen LogP contribution in [0.4, 0.5) is 5.69 Å². The molecule has 46 heavy (non-hydrogen) atoms. The molecular weight excluding hydrogens is 576 g/mol. The smallest absolute Gasteiger partial charge is 0.258 e. The van der Waals surface area contributed by atoms with Crippen molar-refractivity contribution < 1.29 is 14.3 Å². The molecule has 2 saturated carbocycles. The number of imidazole rings is 1. The first kappa shape index (κ1) is 31.3. The predicted molar refractivity (Wildman–Crippen MR) is 181 cm³/mol. The monoisotopic (exact) mass is 620 g/mol. The Hall–Kier alpha value is -4.66. The van der Waals surface area contributed by atoms with Gasteiger partial charge in [0, 0.05) is 22.9 Å². The number of amides is 2. The summed E-state index contributed by atoms with van der Waals surface area (Å²) in [5.41, 5.74) is 10.1. The van der Waals surface area contributed by atoms with Crippen LogP contribution in [0.5, 0.6) is 5.75 Å². The molecule has 0 spiro atoms. The first-order chi connectivity index (χ1) is 22.3. The van der Waals surface area contributed by atoms with Crippen molar-refractivity contribution in [3.8, 4) is 5.75 Å². The molecule has 240 valence electrons. The van der Waals surface area contributed by atoms with E-state index in [9.17, 15) is 9.59 Å². The Balaban J connectivity index is 1.34. The Morgan fingerprint density at radius 3 is 2.24 bits per heavy atom. The highest BCUT2D eigenvalue weighted by molar-refractivity contribution is 6.06. The Morgan fingerprint density at radius 1 is 0.913 bits per heavy atom. The number of carbonyl (C=O) groups excluding carboxylic acids is 2. The third-order valence-electron chi connectivity index (χ3n) is 9.26. The van der Waals surface area contributed by atoms with E-state index in [1.807, 2.05) is 66.1 Å². The maximum atomic E-state index is 14.2. The van der Waals surface area contributed by atoms with Crippen molar-refractivity contribution in [3.05, 3.63) is 89.2 Å². The normalized spacial score (nSPS) is 15.8.